The normalized spacial score (nSPS) is 12.1. The van der Waals surface area contributed by atoms with Crippen LogP contribution in [0.5, 0.6) is 0 Å². The largest absolute Gasteiger partial charge is 0.270 e. The molecule has 0 saturated heterocycles. The molecule has 98 valence electrons. The third kappa shape index (κ3) is 3.55. The number of hydrogen-bond donors (Lipinski definition) is 0. The molecule has 0 aliphatic rings. The summed E-state index contributed by atoms with van der Waals surface area (Å²) in [6.07, 6.45) is 0.681. The van der Waals surface area contributed by atoms with Crippen LogP contribution < -0.4 is 0 Å². The van der Waals surface area contributed by atoms with Crippen molar-refractivity contribution in [2.45, 2.75) is 11.2 Å². The second kappa shape index (κ2) is 6.17. The van der Waals surface area contributed by atoms with Crippen LogP contribution in [0.15, 0.2) is 48.5 Å². The second-order valence-corrected chi connectivity index (χ2v) is 5.63. The Balaban J connectivity index is 2.18. The van der Waals surface area contributed by atoms with Crippen molar-refractivity contribution in [3.8, 4) is 0 Å². The number of alkyl halides is 1. The predicted molar refractivity (Wildman–Crippen MR) is 79.9 cm³/mol. The van der Waals surface area contributed by atoms with E-state index in [1.165, 1.54) is 12.1 Å². The van der Waals surface area contributed by atoms with Gasteiger partial charge in [0.05, 0.1) is 9.95 Å². The number of hydrogen-bond acceptors (Lipinski definition) is 2. The summed E-state index contributed by atoms with van der Waals surface area (Å²) in [6.45, 7) is 0. The van der Waals surface area contributed by atoms with Crippen molar-refractivity contribution in [2.75, 3.05) is 0 Å². The molecule has 2 aromatic rings. The summed E-state index contributed by atoms with van der Waals surface area (Å²) in [5.41, 5.74) is 2.05. The molecule has 19 heavy (non-hydrogen) atoms. The van der Waals surface area contributed by atoms with Gasteiger partial charge in [0.15, 0.2) is 0 Å². The summed E-state index contributed by atoms with van der Waals surface area (Å²) in [5.74, 6) is 0. The molecule has 1 unspecified atom stereocenters. The minimum atomic E-state index is -0.446. The molecule has 0 aromatic heterocycles. The summed E-state index contributed by atoms with van der Waals surface area (Å²) < 4.78 is 0. The van der Waals surface area contributed by atoms with Crippen molar-refractivity contribution < 1.29 is 4.92 Å². The molecule has 0 spiro atoms. The molecule has 0 saturated carbocycles. The van der Waals surface area contributed by atoms with E-state index in [0.29, 0.717) is 11.4 Å². The molecule has 1 atom stereocenters. The van der Waals surface area contributed by atoms with Gasteiger partial charge in [-0.1, -0.05) is 63.9 Å². The molecule has 0 bridgehead atoms. The van der Waals surface area contributed by atoms with Gasteiger partial charge in [-0.15, -0.1) is 0 Å². The van der Waals surface area contributed by atoms with E-state index in [1.54, 1.807) is 6.07 Å². The van der Waals surface area contributed by atoms with Crippen LogP contribution in [0, 0.1) is 10.1 Å². The summed E-state index contributed by atoms with van der Waals surface area (Å²) in [6, 6.07) is 14.5. The molecular formula is C14H11BrClNO2. The fraction of sp³-hybridized carbons (Fsp3) is 0.143. The van der Waals surface area contributed by atoms with E-state index in [1.807, 2.05) is 30.3 Å². The standard InChI is InChI=1S/C14H11BrClNO2/c15-13(10-4-2-1-3-5-10)8-11-6-7-12(17(18)19)9-14(11)16/h1-7,9,13H,8H2. The molecule has 2 rings (SSSR count). The fourth-order valence-electron chi connectivity index (χ4n) is 1.79. The van der Waals surface area contributed by atoms with Gasteiger partial charge < -0.3 is 0 Å². The van der Waals surface area contributed by atoms with Gasteiger partial charge >= 0.3 is 0 Å². The first-order chi connectivity index (χ1) is 9.08. The quantitative estimate of drug-likeness (QED) is 0.450. The lowest BCUT2D eigenvalue weighted by atomic mass is 10.0. The van der Waals surface area contributed by atoms with Gasteiger partial charge in [-0.25, -0.2) is 0 Å². The Morgan fingerprint density at radius 2 is 1.89 bits per heavy atom. The lowest BCUT2D eigenvalue weighted by molar-refractivity contribution is -0.384. The van der Waals surface area contributed by atoms with Gasteiger partial charge in [0, 0.05) is 17.0 Å². The Labute approximate surface area is 124 Å². The van der Waals surface area contributed by atoms with Crippen molar-refractivity contribution in [2.24, 2.45) is 0 Å². The van der Waals surface area contributed by atoms with Crippen molar-refractivity contribution in [3.63, 3.8) is 0 Å². The summed E-state index contributed by atoms with van der Waals surface area (Å²) in [7, 11) is 0. The smallest absolute Gasteiger partial charge is 0.258 e. The third-order valence-electron chi connectivity index (χ3n) is 2.81. The van der Waals surface area contributed by atoms with E-state index < -0.39 is 4.92 Å². The minimum Gasteiger partial charge on any atom is -0.258 e. The van der Waals surface area contributed by atoms with Crippen LogP contribution in [-0.4, -0.2) is 4.92 Å². The summed E-state index contributed by atoms with van der Waals surface area (Å²) in [5, 5.41) is 11.1. The van der Waals surface area contributed by atoms with Crippen LogP contribution in [0.2, 0.25) is 5.02 Å². The van der Waals surface area contributed by atoms with E-state index in [4.69, 9.17) is 11.6 Å². The number of rotatable bonds is 4. The SMILES string of the molecule is O=[N+]([O-])c1ccc(CC(Br)c2ccccc2)c(Cl)c1. The molecule has 2 aromatic carbocycles. The Hall–Kier alpha value is -1.39. The number of nitro benzene ring substituents is 1. The molecule has 0 amide bonds. The third-order valence-corrected chi connectivity index (χ3v) is 4.01. The van der Waals surface area contributed by atoms with Crippen LogP contribution in [0.4, 0.5) is 5.69 Å². The molecule has 3 nitrogen and oxygen atoms in total. The molecule has 0 fully saturated rings. The summed E-state index contributed by atoms with van der Waals surface area (Å²) >= 11 is 9.69. The Bertz CT molecular complexity index is 589. The predicted octanol–water partition coefficient (Wildman–Crippen LogP) is 4.93. The van der Waals surface area contributed by atoms with Crippen molar-refractivity contribution in [3.05, 3.63) is 74.8 Å². The first-order valence-corrected chi connectivity index (χ1v) is 6.99. The molecule has 0 aliphatic heterocycles. The zero-order valence-corrected chi connectivity index (χ0v) is 12.3. The molecule has 0 N–H and O–H groups in total. The lowest BCUT2D eigenvalue weighted by Gasteiger charge is -2.11. The highest BCUT2D eigenvalue weighted by molar-refractivity contribution is 9.09. The Morgan fingerprint density at radius 1 is 1.21 bits per heavy atom. The number of benzene rings is 2. The van der Waals surface area contributed by atoms with E-state index in [0.717, 1.165) is 11.1 Å². The van der Waals surface area contributed by atoms with Gasteiger partial charge in [-0.3, -0.25) is 10.1 Å². The zero-order chi connectivity index (χ0) is 13.8. The van der Waals surface area contributed by atoms with Crippen LogP contribution in [0.3, 0.4) is 0 Å². The molecular weight excluding hydrogens is 330 g/mol. The first kappa shape index (κ1) is 14.0. The van der Waals surface area contributed by atoms with Crippen LogP contribution >= 0.6 is 27.5 Å². The van der Waals surface area contributed by atoms with E-state index >= 15 is 0 Å². The van der Waals surface area contributed by atoms with Crippen LogP contribution in [-0.2, 0) is 6.42 Å². The van der Waals surface area contributed by atoms with E-state index in [-0.39, 0.29) is 10.5 Å². The number of halogens is 2. The Morgan fingerprint density at radius 3 is 2.47 bits per heavy atom. The van der Waals surface area contributed by atoms with Crippen molar-refractivity contribution in [1.82, 2.24) is 0 Å². The maximum atomic E-state index is 10.6. The highest BCUT2D eigenvalue weighted by atomic mass is 79.9. The zero-order valence-electron chi connectivity index (χ0n) is 9.92. The number of nitro groups is 1. The highest BCUT2D eigenvalue weighted by Crippen LogP contribution is 2.31. The monoisotopic (exact) mass is 339 g/mol. The minimum absolute atomic E-state index is 0.0135. The lowest BCUT2D eigenvalue weighted by Crippen LogP contribution is -1.97. The molecule has 0 radical (unpaired) electrons. The van der Waals surface area contributed by atoms with Crippen LogP contribution in [0.1, 0.15) is 16.0 Å². The van der Waals surface area contributed by atoms with Gasteiger partial charge in [-0.2, -0.15) is 0 Å². The average Bonchev–Trinajstić information content (AvgIpc) is 2.41. The van der Waals surface area contributed by atoms with Crippen molar-refractivity contribution in [1.29, 1.82) is 0 Å². The van der Waals surface area contributed by atoms with E-state index in [9.17, 15) is 10.1 Å². The van der Waals surface area contributed by atoms with Gasteiger partial charge in [0.25, 0.3) is 5.69 Å². The van der Waals surface area contributed by atoms with Crippen molar-refractivity contribution >= 4 is 33.2 Å². The molecule has 0 aliphatic carbocycles. The van der Waals surface area contributed by atoms with Gasteiger partial charge in [-0.05, 0) is 17.5 Å². The van der Waals surface area contributed by atoms with Gasteiger partial charge in [0.1, 0.15) is 0 Å². The highest BCUT2D eigenvalue weighted by Gasteiger charge is 2.13. The Kier molecular flexibility index (Phi) is 4.56. The number of nitrogens with zero attached hydrogens (tertiary/aromatic N) is 1. The fourth-order valence-corrected chi connectivity index (χ4v) is 2.69. The summed E-state index contributed by atoms with van der Waals surface area (Å²) in [4.78, 5) is 10.3. The maximum absolute atomic E-state index is 10.6. The topological polar surface area (TPSA) is 43.1 Å². The second-order valence-electron chi connectivity index (χ2n) is 4.12. The maximum Gasteiger partial charge on any atom is 0.270 e. The first-order valence-electron chi connectivity index (χ1n) is 5.70. The average molecular weight is 341 g/mol. The van der Waals surface area contributed by atoms with E-state index in [2.05, 4.69) is 15.9 Å². The van der Waals surface area contributed by atoms with Gasteiger partial charge in [0.2, 0.25) is 0 Å². The number of non-ortho nitro benzene ring substituents is 1. The molecule has 0 heterocycles. The molecule has 5 heteroatoms. The van der Waals surface area contributed by atoms with Crippen LogP contribution in [0.25, 0.3) is 0 Å².